The van der Waals surface area contributed by atoms with Gasteiger partial charge in [-0.25, -0.2) is 0 Å². The summed E-state index contributed by atoms with van der Waals surface area (Å²) >= 11 is 0. The molecule has 0 fully saturated rings. The third kappa shape index (κ3) is 1.94. The Bertz CT molecular complexity index is 842. The summed E-state index contributed by atoms with van der Waals surface area (Å²) < 4.78 is 0. The Morgan fingerprint density at radius 1 is 0.850 bits per heavy atom. The molecule has 0 atom stereocenters. The van der Waals surface area contributed by atoms with Crippen LogP contribution in [-0.2, 0) is 0 Å². The molecule has 2 aromatic carbocycles. The molecule has 20 heavy (non-hydrogen) atoms. The summed E-state index contributed by atoms with van der Waals surface area (Å²) in [7, 11) is 0. The first-order chi connectivity index (χ1) is 9.58. The van der Waals surface area contributed by atoms with Crippen LogP contribution in [0.5, 0.6) is 0 Å². The normalized spacial score (nSPS) is 10.9. The summed E-state index contributed by atoms with van der Waals surface area (Å²) in [6, 6.07) is 12.1. The molecule has 0 bridgehead atoms. The standard InChI is InChI=1S/C18H17NO/c1-11-4-8-14(9-5-11)15-10-19-17-13(3)7-6-12(2)16(17)18(15)20/h4-10H,1-3H3,(H,19,20). The minimum absolute atomic E-state index is 0.101. The van der Waals surface area contributed by atoms with Crippen molar-refractivity contribution in [2.24, 2.45) is 0 Å². The van der Waals surface area contributed by atoms with E-state index in [0.717, 1.165) is 33.2 Å². The SMILES string of the molecule is Cc1ccc(-c2c[nH]c3c(C)ccc(C)c3c2=O)cc1. The Morgan fingerprint density at radius 3 is 2.20 bits per heavy atom. The zero-order valence-electron chi connectivity index (χ0n) is 11.9. The molecule has 1 aromatic heterocycles. The second-order valence-corrected chi connectivity index (χ2v) is 5.35. The number of benzene rings is 2. The van der Waals surface area contributed by atoms with Crippen molar-refractivity contribution in [3.05, 3.63) is 69.5 Å². The summed E-state index contributed by atoms with van der Waals surface area (Å²) in [5, 5.41) is 0.795. The molecule has 3 rings (SSSR count). The van der Waals surface area contributed by atoms with Crippen molar-refractivity contribution in [2.75, 3.05) is 0 Å². The van der Waals surface area contributed by atoms with Gasteiger partial charge in [-0.2, -0.15) is 0 Å². The summed E-state index contributed by atoms with van der Waals surface area (Å²) in [6.07, 6.45) is 1.82. The lowest BCUT2D eigenvalue weighted by atomic mass is 9.99. The van der Waals surface area contributed by atoms with Crippen LogP contribution in [0.4, 0.5) is 0 Å². The maximum atomic E-state index is 12.8. The van der Waals surface area contributed by atoms with Gasteiger partial charge in [-0.15, -0.1) is 0 Å². The van der Waals surface area contributed by atoms with Gasteiger partial charge < -0.3 is 4.98 Å². The number of hydrogen-bond acceptors (Lipinski definition) is 1. The number of H-pyrrole nitrogens is 1. The summed E-state index contributed by atoms with van der Waals surface area (Å²) in [5.41, 5.74) is 6.03. The number of aromatic nitrogens is 1. The Balaban J connectivity index is 2.34. The number of nitrogens with one attached hydrogen (secondary N) is 1. The maximum Gasteiger partial charge on any atom is 0.197 e. The molecule has 2 nitrogen and oxygen atoms in total. The minimum Gasteiger partial charge on any atom is -0.360 e. The molecule has 1 N–H and O–H groups in total. The minimum atomic E-state index is 0.101. The highest BCUT2D eigenvalue weighted by molar-refractivity contribution is 5.88. The van der Waals surface area contributed by atoms with E-state index in [2.05, 4.69) is 4.98 Å². The lowest BCUT2D eigenvalue weighted by Gasteiger charge is -2.08. The van der Waals surface area contributed by atoms with Crippen LogP contribution in [0.15, 0.2) is 47.4 Å². The van der Waals surface area contributed by atoms with E-state index < -0.39 is 0 Å². The van der Waals surface area contributed by atoms with E-state index in [4.69, 9.17) is 0 Å². The Morgan fingerprint density at radius 2 is 1.50 bits per heavy atom. The number of hydrogen-bond donors (Lipinski definition) is 1. The third-order valence-corrected chi connectivity index (χ3v) is 3.82. The average Bonchev–Trinajstić information content (AvgIpc) is 2.44. The van der Waals surface area contributed by atoms with Crippen molar-refractivity contribution in [1.29, 1.82) is 0 Å². The number of pyridine rings is 1. The summed E-state index contributed by atoms with van der Waals surface area (Å²) in [4.78, 5) is 16.0. The molecular weight excluding hydrogens is 246 g/mol. The molecule has 2 heteroatoms. The van der Waals surface area contributed by atoms with Crippen LogP contribution in [0, 0.1) is 20.8 Å². The Kier molecular flexibility index (Phi) is 2.94. The number of rotatable bonds is 1. The lowest BCUT2D eigenvalue weighted by Crippen LogP contribution is -2.08. The quantitative estimate of drug-likeness (QED) is 0.703. The molecule has 1 heterocycles. The fourth-order valence-electron chi connectivity index (χ4n) is 2.58. The predicted octanol–water partition coefficient (Wildman–Crippen LogP) is 4.12. The second-order valence-electron chi connectivity index (χ2n) is 5.35. The molecule has 0 amide bonds. The fraction of sp³-hybridized carbons (Fsp3) is 0.167. The van der Waals surface area contributed by atoms with Crippen molar-refractivity contribution >= 4 is 10.9 Å². The van der Waals surface area contributed by atoms with Gasteiger partial charge in [0.25, 0.3) is 0 Å². The molecule has 0 saturated heterocycles. The fourth-order valence-corrected chi connectivity index (χ4v) is 2.58. The molecule has 0 unspecified atom stereocenters. The van der Waals surface area contributed by atoms with Crippen LogP contribution in [-0.4, -0.2) is 4.98 Å². The van der Waals surface area contributed by atoms with Gasteiger partial charge >= 0.3 is 0 Å². The van der Waals surface area contributed by atoms with Crippen LogP contribution in [0.3, 0.4) is 0 Å². The molecule has 3 aromatic rings. The third-order valence-electron chi connectivity index (χ3n) is 3.82. The van der Waals surface area contributed by atoms with Crippen molar-refractivity contribution in [3.8, 4) is 11.1 Å². The van der Waals surface area contributed by atoms with Crippen LogP contribution in [0.1, 0.15) is 16.7 Å². The van der Waals surface area contributed by atoms with E-state index in [1.54, 1.807) is 0 Å². The van der Waals surface area contributed by atoms with Crippen LogP contribution in [0.2, 0.25) is 0 Å². The van der Waals surface area contributed by atoms with Crippen LogP contribution >= 0.6 is 0 Å². The molecule has 0 radical (unpaired) electrons. The molecule has 0 saturated carbocycles. The van der Waals surface area contributed by atoms with Gasteiger partial charge in [0.15, 0.2) is 5.43 Å². The van der Waals surface area contributed by atoms with E-state index >= 15 is 0 Å². The van der Waals surface area contributed by atoms with E-state index in [1.165, 1.54) is 5.56 Å². The molecule has 0 aliphatic heterocycles. The smallest absolute Gasteiger partial charge is 0.197 e. The highest BCUT2D eigenvalue weighted by Gasteiger charge is 2.10. The van der Waals surface area contributed by atoms with Crippen LogP contribution < -0.4 is 5.43 Å². The number of aromatic amines is 1. The van der Waals surface area contributed by atoms with Crippen molar-refractivity contribution in [3.63, 3.8) is 0 Å². The van der Waals surface area contributed by atoms with Gasteiger partial charge in [-0.3, -0.25) is 4.79 Å². The molecule has 0 spiro atoms. The highest BCUT2D eigenvalue weighted by atomic mass is 16.1. The first-order valence-electron chi connectivity index (χ1n) is 6.76. The summed E-state index contributed by atoms with van der Waals surface area (Å²) in [5.74, 6) is 0. The predicted molar refractivity (Wildman–Crippen MR) is 84.2 cm³/mol. The van der Waals surface area contributed by atoms with Crippen LogP contribution in [0.25, 0.3) is 22.0 Å². The van der Waals surface area contributed by atoms with Crippen molar-refractivity contribution in [1.82, 2.24) is 4.98 Å². The molecular formula is C18H17NO. The molecule has 0 aliphatic carbocycles. The van der Waals surface area contributed by atoms with Crippen molar-refractivity contribution in [2.45, 2.75) is 20.8 Å². The second kappa shape index (κ2) is 4.64. The lowest BCUT2D eigenvalue weighted by molar-refractivity contribution is 1.32. The van der Waals surface area contributed by atoms with Gasteiger partial charge in [0, 0.05) is 17.1 Å². The zero-order valence-corrected chi connectivity index (χ0v) is 11.9. The maximum absolute atomic E-state index is 12.8. The first kappa shape index (κ1) is 12.7. The Labute approximate surface area is 118 Å². The monoisotopic (exact) mass is 263 g/mol. The van der Waals surface area contributed by atoms with Gasteiger partial charge in [-0.1, -0.05) is 42.0 Å². The molecule has 100 valence electrons. The number of fused-ring (bicyclic) bond motifs is 1. The van der Waals surface area contributed by atoms with Gasteiger partial charge in [0.2, 0.25) is 0 Å². The molecule has 0 aliphatic rings. The van der Waals surface area contributed by atoms with Crippen molar-refractivity contribution < 1.29 is 0 Å². The highest BCUT2D eigenvalue weighted by Crippen LogP contribution is 2.22. The van der Waals surface area contributed by atoms with Gasteiger partial charge in [0.1, 0.15) is 0 Å². The zero-order chi connectivity index (χ0) is 14.3. The summed E-state index contributed by atoms with van der Waals surface area (Å²) in [6.45, 7) is 6.04. The largest absolute Gasteiger partial charge is 0.360 e. The van der Waals surface area contributed by atoms with E-state index in [9.17, 15) is 4.79 Å². The van der Waals surface area contributed by atoms with Gasteiger partial charge in [0.05, 0.1) is 5.52 Å². The van der Waals surface area contributed by atoms with E-state index in [1.807, 2.05) is 63.4 Å². The first-order valence-corrected chi connectivity index (χ1v) is 6.76. The Hall–Kier alpha value is -2.35. The van der Waals surface area contributed by atoms with E-state index in [-0.39, 0.29) is 5.43 Å². The average molecular weight is 263 g/mol. The number of aryl methyl sites for hydroxylation is 3. The van der Waals surface area contributed by atoms with Gasteiger partial charge in [-0.05, 0) is 37.5 Å². The van der Waals surface area contributed by atoms with E-state index in [0.29, 0.717) is 0 Å². The topological polar surface area (TPSA) is 32.9 Å².